The summed E-state index contributed by atoms with van der Waals surface area (Å²) < 4.78 is 23.1. The maximum absolute atomic E-state index is 5.47. The van der Waals surface area contributed by atoms with E-state index >= 15 is 0 Å². The Hall–Kier alpha value is -2.87. The van der Waals surface area contributed by atoms with E-state index in [0.29, 0.717) is 24.7 Å². The normalized spacial score (nSPS) is 18.8. The van der Waals surface area contributed by atoms with E-state index < -0.39 is 0 Å². The quantitative estimate of drug-likeness (QED) is 0.720. The van der Waals surface area contributed by atoms with Crippen molar-refractivity contribution < 1.29 is 18.7 Å². The van der Waals surface area contributed by atoms with Crippen LogP contribution in [0.3, 0.4) is 0 Å². The van der Waals surface area contributed by atoms with Gasteiger partial charge in [-0.25, -0.2) is 9.67 Å². The number of hydrogen-bond acceptors (Lipinski definition) is 7. The molecule has 0 radical (unpaired) electrons. The van der Waals surface area contributed by atoms with Crippen molar-refractivity contribution in [3.63, 3.8) is 0 Å². The van der Waals surface area contributed by atoms with Gasteiger partial charge in [-0.2, -0.15) is 5.10 Å². The first-order valence-electron chi connectivity index (χ1n) is 8.18. The lowest BCUT2D eigenvalue weighted by atomic mass is 10.1. The van der Waals surface area contributed by atoms with Crippen molar-refractivity contribution in [2.24, 2.45) is 0 Å². The standard InChI is InChI=1S/C17H16N4O4/c1-2-14-15(24-10-23-14)7-11(1)8-21-17(13-4-6-25-20-13)18-16(19-21)12-3-5-22-9-12/h1-2,4,6-7,12H,3,5,8-10H2. The molecule has 0 N–H and O–H groups in total. The first kappa shape index (κ1) is 14.5. The van der Waals surface area contributed by atoms with E-state index in [4.69, 9.17) is 28.8 Å². The summed E-state index contributed by atoms with van der Waals surface area (Å²) in [7, 11) is 0. The predicted molar refractivity (Wildman–Crippen MR) is 85.4 cm³/mol. The molecule has 128 valence electrons. The van der Waals surface area contributed by atoms with Crippen LogP contribution in [0.4, 0.5) is 0 Å². The zero-order chi connectivity index (χ0) is 16.6. The molecule has 2 aliphatic heterocycles. The molecule has 0 saturated carbocycles. The highest BCUT2D eigenvalue weighted by atomic mass is 16.7. The summed E-state index contributed by atoms with van der Waals surface area (Å²) in [5.74, 6) is 3.22. The maximum atomic E-state index is 5.47. The number of aromatic nitrogens is 4. The molecular formula is C17H16N4O4. The number of nitrogens with zero attached hydrogens (tertiary/aromatic N) is 4. The van der Waals surface area contributed by atoms with Gasteiger partial charge in [-0.3, -0.25) is 0 Å². The van der Waals surface area contributed by atoms with E-state index in [0.717, 1.165) is 35.9 Å². The molecule has 25 heavy (non-hydrogen) atoms. The van der Waals surface area contributed by atoms with Crippen LogP contribution in [0.1, 0.15) is 23.7 Å². The molecule has 3 aromatic rings. The topological polar surface area (TPSA) is 84.4 Å². The van der Waals surface area contributed by atoms with Crippen molar-refractivity contribution in [1.29, 1.82) is 0 Å². The van der Waals surface area contributed by atoms with Gasteiger partial charge in [0.25, 0.3) is 0 Å². The van der Waals surface area contributed by atoms with Crippen LogP contribution in [0, 0.1) is 0 Å². The van der Waals surface area contributed by atoms with Gasteiger partial charge in [0.15, 0.2) is 28.8 Å². The Labute approximate surface area is 143 Å². The number of fused-ring (bicyclic) bond motifs is 1. The molecule has 1 fully saturated rings. The number of ether oxygens (including phenoxy) is 3. The largest absolute Gasteiger partial charge is 0.454 e. The molecule has 4 heterocycles. The van der Waals surface area contributed by atoms with Crippen LogP contribution in [-0.4, -0.2) is 39.9 Å². The third kappa shape index (κ3) is 2.64. The molecule has 0 bridgehead atoms. The summed E-state index contributed by atoms with van der Waals surface area (Å²) in [6.45, 7) is 2.23. The van der Waals surface area contributed by atoms with E-state index in [2.05, 4.69) is 5.16 Å². The third-order valence-electron chi connectivity index (χ3n) is 4.42. The second-order valence-electron chi connectivity index (χ2n) is 6.08. The highest BCUT2D eigenvalue weighted by Gasteiger charge is 2.25. The van der Waals surface area contributed by atoms with Gasteiger partial charge in [-0.1, -0.05) is 11.2 Å². The van der Waals surface area contributed by atoms with E-state index in [1.54, 1.807) is 6.07 Å². The summed E-state index contributed by atoms with van der Waals surface area (Å²) in [6.07, 6.45) is 2.47. The van der Waals surface area contributed by atoms with Crippen molar-refractivity contribution in [3.8, 4) is 23.0 Å². The number of benzene rings is 1. The Kier molecular flexibility index (Phi) is 3.41. The monoisotopic (exact) mass is 340 g/mol. The zero-order valence-electron chi connectivity index (χ0n) is 13.4. The Morgan fingerprint density at radius 3 is 2.96 bits per heavy atom. The third-order valence-corrected chi connectivity index (χ3v) is 4.42. The molecule has 0 amide bonds. The average Bonchev–Trinajstić information content (AvgIpc) is 3.39. The summed E-state index contributed by atoms with van der Waals surface area (Å²) in [5.41, 5.74) is 1.71. The smallest absolute Gasteiger partial charge is 0.231 e. The van der Waals surface area contributed by atoms with Gasteiger partial charge in [0.1, 0.15) is 6.26 Å². The van der Waals surface area contributed by atoms with Crippen LogP contribution < -0.4 is 9.47 Å². The minimum absolute atomic E-state index is 0.226. The number of hydrogen-bond donors (Lipinski definition) is 0. The molecule has 8 nitrogen and oxygen atoms in total. The summed E-state index contributed by atoms with van der Waals surface area (Å²) in [5, 5.41) is 8.72. The minimum Gasteiger partial charge on any atom is -0.454 e. The van der Waals surface area contributed by atoms with Crippen LogP contribution in [0.15, 0.2) is 35.1 Å². The van der Waals surface area contributed by atoms with Gasteiger partial charge in [-0.15, -0.1) is 0 Å². The van der Waals surface area contributed by atoms with Crippen molar-refractivity contribution in [1.82, 2.24) is 19.9 Å². The SMILES string of the molecule is c1cc(-c2nc(C3CCOC3)nn2Cc2ccc3c(c2)OCO3)no1. The van der Waals surface area contributed by atoms with E-state index in [9.17, 15) is 0 Å². The van der Waals surface area contributed by atoms with Gasteiger partial charge in [0, 0.05) is 18.6 Å². The van der Waals surface area contributed by atoms with Crippen LogP contribution in [-0.2, 0) is 11.3 Å². The molecule has 8 heteroatoms. The van der Waals surface area contributed by atoms with Gasteiger partial charge in [-0.05, 0) is 24.1 Å². The van der Waals surface area contributed by atoms with Crippen molar-refractivity contribution >= 4 is 0 Å². The van der Waals surface area contributed by atoms with Gasteiger partial charge in [0.2, 0.25) is 6.79 Å². The molecule has 2 aromatic heterocycles. The maximum Gasteiger partial charge on any atom is 0.231 e. The molecule has 2 aliphatic rings. The number of rotatable bonds is 4. The van der Waals surface area contributed by atoms with Gasteiger partial charge >= 0.3 is 0 Å². The Morgan fingerprint density at radius 1 is 1.16 bits per heavy atom. The predicted octanol–water partition coefficient (Wildman–Crippen LogP) is 2.21. The molecule has 1 atom stereocenters. The second-order valence-corrected chi connectivity index (χ2v) is 6.08. The summed E-state index contributed by atoms with van der Waals surface area (Å²) in [6, 6.07) is 7.67. The van der Waals surface area contributed by atoms with Crippen LogP contribution in [0.5, 0.6) is 11.5 Å². The van der Waals surface area contributed by atoms with Crippen molar-refractivity contribution in [3.05, 3.63) is 41.9 Å². The van der Waals surface area contributed by atoms with E-state index in [1.165, 1.54) is 6.26 Å². The first-order chi connectivity index (χ1) is 12.4. The van der Waals surface area contributed by atoms with Crippen molar-refractivity contribution in [2.45, 2.75) is 18.9 Å². The highest BCUT2D eigenvalue weighted by Crippen LogP contribution is 2.33. The fraction of sp³-hybridized carbons (Fsp3) is 0.353. The molecule has 1 unspecified atom stereocenters. The Balaban J connectivity index is 1.50. The average molecular weight is 340 g/mol. The molecule has 1 aromatic carbocycles. The van der Waals surface area contributed by atoms with E-state index in [-0.39, 0.29) is 12.7 Å². The van der Waals surface area contributed by atoms with Crippen LogP contribution in [0.2, 0.25) is 0 Å². The Morgan fingerprint density at radius 2 is 2.12 bits per heavy atom. The van der Waals surface area contributed by atoms with E-state index in [1.807, 2.05) is 22.9 Å². The first-order valence-corrected chi connectivity index (χ1v) is 8.18. The summed E-state index contributed by atoms with van der Waals surface area (Å²) >= 11 is 0. The zero-order valence-corrected chi connectivity index (χ0v) is 13.4. The van der Waals surface area contributed by atoms with Crippen molar-refractivity contribution in [2.75, 3.05) is 20.0 Å². The summed E-state index contributed by atoms with van der Waals surface area (Å²) in [4.78, 5) is 4.70. The van der Waals surface area contributed by atoms with Crippen LogP contribution in [0.25, 0.3) is 11.5 Å². The highest BCUT2D eigenvalue weighted by molar-refractivity contribution is 5.49. The molecule has 1 saturated heterocycles. The fourth-order valence-electron chi connectivity index (χ4n) is 3.11. The molecule has 5 rings (SSSR count). The molecule has 0 spiro atoms. The lowest BCUT2D eigenvalue weighted by molar-refractivity contribution is 0.174. The second kappa shape index (κ2) is 5.89. The molecule has 0 aliphatic carbocycles. The lowest BCUT2D eigenvalue weighted by Gasteiger charge is -2.05. The fourth-order valence-corrected chi connectivity index (χ4v) is 3.11. The Bertz CT molecular complexity index is 884. The van der Waals surface area contributed by atoms with Gasteiger partial charge in [0.05, 0.1) is 13.2 Å². The molecular weight excluding hydrogens is 324 g/mol. The minimum atomic E-state index is 0.226. The lowest BCUT2D eigenvalue weighted by Crippen LogP contribution is -2.06. The van der Waals surface area contributed by atoms with Crippen LogP contribution >= 0.6 is 0 Å². The van der Waals surface area contributed by atoms with Gasteiger partial charge < -0.3 is 18.7 Å².